The number of benzene rings is 2. The van der Waals surface area contributed by atoms with E-state index in [2.05, 4.69) is 20.9 Å². The summed E-state index contributed by atoms with van der Waals surface area (Å²) in [6.45, 7) is 0. The van der Waals surface area contributed by atoms with Crippen molar-refractivity contribution in [2.45, 2.75) is 0 Å². The van der Waals surface area contributed by atoms with E-state index in [0.717, 1.165) is 26.3 Å². The third-order valence-electron chi connectivity index (χ3n) is 3.04. The van der Waals surface area contributed by atoms with E-state index in [1.807, 2.05) is 41.8 Å². The van der Waals surface area contributed by atoms with E-state index in [-0.39, 0.29) is 0 Å². The normalized spacial score (nSPS) is 10.5. The van der Waals surface area contributed by atoms with E-state index in [4.69, 9.17) is 5.73 Å². The highest BCUT2D eigenvalue weighted by molar-refractivity contribution is 9.10. The van der Waals surface area contributed by atoms with E-state index in [1.165, 1.54) is 0 Å². The number of nitrogens with zero attached hydrogens (tertiary/aromatic N) is 1. The molecule has 0 saturated heterocycles. The maximum atomic E-state index is 11.2. The van der Waals surface area contributed by atoms with Crippen molar-refractivity contribution in [2.75, 3.05) is 0 Å². The topological polar surface area (TPSA) is 56.0 Å². The van der Waals surface area contributed by atoms with Crippen LogP contribution < -0.4 is 5.73 Å². The molecule has 1 amide bonds. The molecule has 0 bridgehead atoms. The molecule has 0 unspecified atom stereocenters. The number of thiazole rings is 1. The molecular weight excluding hydrogens is 348 g/mol. The molecule has 0 fully saturated rings. The average Bonchev–Trinajstić information content (AvgIpc) is 2.98. The quantitative estimate of drug-likeness (QED) is 0.756. The lowest BCUT2D eigenvalue weighted by Crippen LogP contribution is -2.10. The summed E-state index contributed by atoms with van der Waals surface area (Å²) in [5.41, 5.74) is 8.69. The predicted molar refractivity (Wildman–Crippen MR) is 89.2 cm³/mol. The molecule has 2 N–H and O–H groups in total. The van der Waals surface area contributed by atoms with E-state index < -0.39 is 5.91 Å². The van der Waals surface area contributed by atoms with Crippen molar-refractivity contribution in [3.05, 3.63) is 63.9 Å². The largest absolute Gasteiger partial charge is 0.366 e. The molecule has 21 heavy (non-hydrogen) atoms. The van der Waals surface area contributed by atoms with Crippen LogP contribution in [0.5, 0.6) is 0 Å². The predicted octanol–water partition coefficient (Wildman–Crippen LogP) is 4.34. The molecule has 3 nitrogen and oxygen atoms in total. The summed E-state index contributed by atoms with van der Waals surface area (Å²) in [5, 5.41) is 2.88. The van der Waals surface area contributed by atoms with Crippen molar-refractivity contribution < 1.29 is 4.79 Å². The van der Waals surface area contributed by atoms with Crippen LogP contribution >= 0.6 is 27.3 Å². The number of nitrogens with two attached hydrogens (primary N) is 1. The number of carbonyl (C=O) groups is 1. The first kappa shape index (κ1) is 14.0. The summed E-state index contributed by atoms with van der Waals surface area (Å²) in [5.74, 6) is -0.429. The monoisotopic (exact) mass is 358 g/mol. The van der Waals surface area contributed by atoms with E-state index in [9.17, 15) is 4.79 Å². The molecule has 0 aliphatic rings. The summed E-state index contributed by atoms with van der Waals surface area (Å²) < 4.78 is 1.04. The lowest BCUT2D eigenvalue weighted by molar-refractivity contribution is 0.100. The standard InChI is InChI=1S/C16H11BrN2OS/c17-13-6-4-10(5-7-13)14-9-21-16(19-14)12-3-1-2-11(8-12)15(18)20/h1-9H,(H2,18,20). The zero-order valence-electron chi connectivity index (χ0n) is 10.9. The Balaban J connectivity index is 1.96. The Morgan fingerprint density at radius 2 is 1.86 bits per heavy atom. The Morgan fingerprint density at radius 1 is 1.10 bits per heavy atom. The Bertz CT molecular complexity index is 796. The Kier molecular flexibility index (Phi) is 3.86. The SMILES string of the molecule is NC(=O)c1cccc(-c2nc(-c3ccc(Br)cc3)cs2)c1. The van der Waals surface area contributed by atoms with Crippen LogP contribution in [0.25, 0.3) is 21.8 Å². The highest BCUT2D eigenvalue weighted by Crippen LogP contribution is 2.29. The maximum absolute atomic E-state index is 11.2. The second-order valence-corrected chi connectivity index (χ2v) is 6.26. The molecular formula is C16H11BrN2OS. The van der Waals surface area contributed by atoms with Gasteiger partial charge in [0, 0.05) is 26.5 Å². The molecule has 0 aliphatic heterocycles. The fourth-order valence-electron chi connectivity index (χ4n) is 1.97. The molecule has 0 radical (unpaired) electrons. The number of aromatic nitrogens is 1. The van der Waals surface area contributed by atoms with Gasteiger partial charge in [-0.3, -0.25) is 4.79 Å². The summed E-state index contributed by atoms with van der Waals surface area (Å²) in [4.78, 5) is 15.9. The molecule has 0 spiro atoms. The van der Waals surface area contributed by atoms with Gasteiger partial charge >= 0.3 is 0 Å². The van der Waals surface area contributed by atoms with Crippen molar-refractivity contribution in [3.8, 4) is 21.8 Å². The number of hydrogen-bond donors (Lipinski definition) is 1. The number of halogens is 1. The lowest BCUT2D eigenvalue weighted by atomic mass is 10.1. The molecule has 5 heteroatoms. The van der Waals surface area contributed by atoms with Crippen molar-refractivity contribution >= 4 is 33.2 Å². The summed E-state index contributed by atoms with van der Waals surface area (Å²) in [6.07, 6.45) is 0. The van der Waals surface area contributed by atoms with Crippen LogP contribution in [0.15, 0.2) is 58.4 Å². The molecule has 2 aromatic carbocycles. The first-order chi connectivity index (χ1) is 10.1. The number of hydrogen-bond acceptors (Lipinski definition) is 3. The number of carbonyl (C=O) groups excluding carboxylic acids is 1. The second kappa shape index (κ2) is 5.79. The van der Waals surface area contributed by atoms with Gasteiger partial charge in [-0.2, -0.15) is 0 Å². The van der Waals surface area contributed by atoms with Gasteiger partial charge in [-0.05, 0) is 24.3 Å². The zero-order chi connectivity index (χ0) is 14.8. The van der Waals surface area contributed by atoms with Crippen LogP contribution in [-0.4, -0.2) is 10.9 Å². The number of rotatable bonds is 3. The van der Waals surface area contributed by atoms with E-state index in [1.54, 1.807) is 23.5 Å². The first-order valence-electron chi connectivity index (χ1n) is 6.25. The minimum atomic E-state index is -0.429. The molecule has 1 aromatic heterocycles. The van der Waals surface area contributed by atoms with Crippen LogP contribution in [-0.2, 0) is 0 Å². The summed E-state index contributed by atoms with van der Waals surface area (Å²) in [7, 11) is 0. The van der Waals surface area contributed by atoms with E-state index in [0.29, 0.717) is 5.56 Å². The third kappa shape index (κ3) is 3.04. The average molecular weight is 359 g/mol. The van der Waals surface area contributed by atoms with Crippen LogP contribution in [0, 0.1) is 0 Å². The van der Waals surface area contributed by atoms with Crippen LogP contribution in [0.2, 0.25) is 0 Å². The van der Waals surface area contributed by atoms with Gasteiger partial charge in [0.2, 0.25) is 5.91 Å². The van der Waals surface area contributed by atoms with Crippen LogP contribution in [0.1, 0.15) is 10.4 Å². The van der Waals surface area contributed by atoms with Crippen molar-refractivity contribution in [1.29, 1.82) is 0 Å². The molecule has 3 aromatic rings. The fourth-order valence-corrected chi connectivity index (χ4v) is 3.06. The minimum Gasteiger partial charge on any atom is -0.366 e. The fraction of sp³-hybridized carbons (Fsp3) is 0. The molecule has 0 aliphatic carbocycles. The van der Waals surface area contributed by atoms with Gasteiger partial charge in [0.15, 0.2) is 0 Å². The van der Waals surface area contributed by atoms with Gasteiger partial charge in [0.05, 0.1) is 5.69 Å². The highest BCUT2D eigenvalue weighted by Gasteiger charge is 2.08. The summed E-state index contributed by atoms with van der Waals surface area (Å²) >= 11 is 4.97. The molecule has 3 rings (SSSR count). The molecule has 104 valence electrons. The van der Waals surface area contributed by atoms with Gasteiger partial charge in [0.25, 0.3) is 0 Å². The first-order valence-corrected chi connectivity index (χ1v) is 7.92. The number of primary amides is 1. The van der Waals surface area contributed by atoms with Crippen molar-refractivity contribution in [3.63, 3.8) is 0 Å². The van der Waals surface area contributed by atoms with Gasteiger partial charge in [-0.15, -0.1) is 11.3 Å². The Hall–Kier alpha value is -1.98. The van der Waals surface area contributed by atoms with Gasteiger partial charge in [-0.25, -0.2) is 4.98 Å². The van der Waals surface area contributed by atoms with Crippen LogP contribution in [0.4, 0.5) is 0 Å². The van der Waals surface area contributed by atoms with Gasteiger partial charge in [-0.1, -0.05) is 40.2 Å². The highest BCUT2D eigenvalue weighted by atomic mass is 79.9. The summed E-state index contributed by atoms with van der Waals surface area (Å²) in [6, 6.07) is 15.2. The van der Waals surface area contributed by atoms with E-state index >= 15 is 0 Å². The molecule has 1 heterocycles. The smallest absolute Gasteiger partial charge is 0.248 e. The third-order valence-corrected chi connectivity index (χ3v) is 4.46. The van der Waals surface area contributed by atoms with Gasteiger partial charge < -0.3 is 5.73 Å². The Morgan fingerprint density at radius 3 is 2.57 bits per heavy atom. The minimum absolute atomic E-state index is 0.429. The maximum Gasteiger partial charge on any atom is 0.248 e. The second-order valence-electron chi connectivity index (χ2n) is 4.49. The molecule has 0 saturated carbocycles. The number of amides is 1. The van der Waals surface area contributed by atoms with Crippen LogP contribution in [0.3, 0.4) is 0 Å². The zero-order valence-corrected chi connectivity index (χ0v) is 13.3. The van der Waals surface area contributed by atoms with Gasteiger partial charge in [0.1, 0.15) is 5.01 Å². The lowest BCUT2D eigenvalue weighted by Gasteiger charge is -1.99. The molecule has 0 atom stereocenters. The van der Waals surface area contributed by atoms with Crippen molar-refractivity contribution in [1.82, 2.24) is 4.98 Å². The Labute approximate surface area is 134 Å². The van der Waals surface area contributed by atoms with Crippen molar-refractivity contribution in [2.24, 2.45) is 5.73 Å².